The van der Waals surface area contributed by atoms with Gasteiger partial charge in [0.05, 0.1) is 0 Å². The van der Waals surface area contributed by atoms with E-state index >= 15 is 0 Å². The monoisotopic (exact) mass is 292 g/mol. The third-order valence-corrected chi connectivity index (χ3v) is 6.12. The van der Waals surface area contributed by atoms with Crippen molar-refractivity contribution < 1.29 is 9.59 Å². The molecule has 5 unspecified atom stereocenters. The van der Waals surface area contributed by atoms with E-state index in [0.29, 0.717) is 11.8 Å². The zero-order valence-electron chi connectivity index (χ0n) is 13.5. The van der Waals surface area contributed by atoms with Crippen LogP contribution in [-0.4, -0.2) is 46.3 Å². The third-order valence-electron chi connectivity index (χ3n) is 6.12. The van der Waals surface area contributed by atoms with Crippen LogP contribution in [0.4, 0.5) is 0 Å². The van der Waals surface area contributed by atoms with E-state index in [1.165, 1.54) is 12.8 Å². The van der Waals surface area contributed by atoms with Gasteiger partial charge in [-0.05, 0) is 44.4 Å². The fourth-order valence-corrected chi connectivity index (χ4v) is 4.57. The van der Waals surface area contributed by atoms with Gasteiger partial charge in [-0.2, -0.15) is 0 Å². The number of carbonyl (C=O) groups is 2. The molecule has 0 aromatic carbocycles. The van der Waals surface area contributed by atoms with Crippen molar-refractivity contribution in [1.82, 2.24) is 9.80 Å². The molecule has 4 nitrogen and oxygen atoms in total. The van der Waals surface area contributed by atoms with Crippen molar-refractivity contribution >= 4 is 11.8 Å². The Hall–Kier alpha value is -1.06. The van der Waals surface area contributed by atoms with Crippen LogP contribution < -0.4 is 0 Å². The van der Waals surface area contributed by atoms with E-state index < -0.39 is 0 Å². The molecule has 2 saturated heterocycles. The van der Waals surface area contributed by atoms with Crippen molar-refractivity contribution in [2.45, 2.75) is 77.4 Å². The molecular weight excluding hydrogens is 264 g/mol. The first-order chi connectivity index (χ1) is 10.0. The SMILES string of the molecule is CC1CCCC(N2C(=O)C3CCCCN3C(=O)C2C)C1C. The molecule has 0 radical (unpaired) electrons. The van der Waals surface area contributed by atoms with E-state index in [1.807, 2.05) is 16.7 Å². The summed E-state index contributed by atoms with van der Waals surface area (Å²) in [6, 6.07) is -0.194. The number of amides is 2. The molecule has 0 bridgehead atoms. The molecule has 21 heavy (non-hydrogen) atoms. The second kappa shape index (κ2) is 5.62. The summed E-state index contributed by atoms with van der Waals surface area (Å²) in [7, 11) is 0. The zero-order chi connectivity index (χ0) is 15.1. The van der Waals surface area contributed by atoms with Gasteiger partial charge in [-0.3, -0.25) is 9.59 Å². The number of fused-ring (bicyclic) bond motifs is 1. The van der Waals surface area contributed by atoms with Crippen LogP contribution in [0.1, 0.15) is 59.3 Å². The second-order valence-corrected chi connectivity index (χ2v) is 7.30. The molecular formula is C17H28N2O2. The van der Waals surface area contributed by atoms with Crippen LogP contribution in [0.25, 0.3) is 0 Å². The highest BCUT2D eigenvalue weighted by molar-refractivity contribution is 5.97. The molecule has 0 spiro atoms. The summed E-state index contributed by atoms with van der Waals surface area (Å²) < 4.78 is 0. The largest absolute Gasteiger partial charge is 0.329 e. The van der Waals surface area contributed by atoms with Crippen molar-refractivity contribution in [3.63, 3.8) is 0 Å². The molecule has 1 aliphatic carbocycles. The maximum atomic E-state index is 13.0. The van der Waals surface area contributed by atoms with E-state index in [1.54, 1.807) is 0 Å². The molecule has 0 aromatic heterocycles. The summed E-state index contributed by atoms with van der Waals surface area (Å²) in [6.07, 6.45) is 6.44. The first-order valence-electron chi connectivity index (χ1n) is 8.65. The van der Waals surface area contributed by atoms with Gasteiger partial charge in [0.2, 0.25) is 11.8 Å². The molecule has 2 heterocycles. The normalized spacial score (nSPS) is 41.2. The van der Waals surface area contributed by atoms with Gasteiger partial charge in [0.25, 0.3) is 0 Å². The van der Waals surface area contributed by atoms with Gasteiger partial charge >= 0.3 is 0 Å². The Morgan fingerprint density at radius 3 is 2.43 bits per heavy atom. The lowest BCUT2D eigenvalue weighted by atomic mass is 9.76. The number of piperidine rings is 1. The average Bonchev–Trinajstić information content (AvgIpc) is 2.49. The lowest BCUT2D eigenvalue weighted by Crippen LogP contribution is -2.68. The fraction of sp³-hybridized carbons (Fsp3) is 0.882. The van der Waals surface area contributed by atoms with Crippen LogP contribution in [0, 0.1) is 11.8 Å². The molecule has 2 amide bonds. The Bertz CT molecular complexity index is 437. The van der Waals surface area contributed by atoms with Crippen LogP contribution in [0.5, 0.6) is 0 Å². The lowest BCUT2D eigenvalue weighted by molar-refractivity contribution is -0.168. The molecule has 118 valence electrons. The van der Waals surface area contributed by atoms with Gasteiger partial charge in [0.1, 0.15) is 12.1 Å². The number of piperazine rings is 1. The lowest BCUT2D eigenvalue weighted by Gasteiger charge is -2.51. The van der Waals surface area contributed by atoms with Crippen LogP contribution >= 0.6 is 0 Å². The Labute approximate surface area is 127 Å². The molecule has 2 aliphatic heterocycles. The second-order valence-electron chi connectivity index (χ2n) is 7.30. The molecule has 5 atom stereocenters. The summed E-state index contributed by atoms with van der Waals surface area (Å²) in [5.41, 5.74) is 0. The maximum Gasteiger partial charge on any atom is 0.246 e. The molecule has 3 rings (SSSR count). The third kappa shape index (κ3) is 2.36. The van der Waals surface area contributed by atoms with Crippen molar-refractivity contribution in [2.24, 2.45) is 11.8 Å². The van der Waals surface area contributed by atoms with E-state index in [2.05, 4.69) is 13.8 Å². The summed E-state index contributed by atoms with van der Waals surface area (Å²) in [5, 5.41) is 0. The Balaban J connectivity index is 1.87. The zero-order valence-corrected chi connectivity index (χ0v) is 13.5. The van der Waals surface area contributed by atoms with E-state index in [9.17, 15) is 9.59 Å². The van der Waals surface area contributed by atoms with Crippen molar-refractivity contribution in [1.29, 1.82) is 0 Å². The summed E-state index contributed by atoms with van der Waals surface area (Å²) in [6.45, 7) is 7.23. The van der Waals surface area contributed by atoms with Crippen LogP contribution in [0.3, 0.4) is 0 Å². The minimum absolute atomic E-state index is 0.171. The molecule has 0 N–H and O–H groups in total. The molecule has 3 aliphatic rings. The fourth-order valence-electron chi connectivity index (χ4n) is 4.57. The maximum absolute atomic E-state index is 13.0. The quantitative estimate of drug-likeness (QED) is 0.745. The van der Waals surface area contributed by atoms with Gasteiger partial charge in [0, 0.05) is 12.6 Å². The number of nitrogens with zero attached hydrogens (tertiary/aromatic N) is 2. The molecule has 0 aromatic rings. The number of hydrogen-bond donors (Lipinski definition) is 0. The molecule has 3 fully saturated rings. The highest BCUT2D eigenvalue weighted by Gasteiger charge is 2.48. The van der Waals surface area contributed by atoms with Crippen LogP contribution in [-0.2, 0) is 9.59 Å². The summed E-state index contributed by atoms with van der Waals surface area (Å²) >= 11 is 0. The summed E-state index contributed by atoms with van der Waals surface area (Å²) in [5.74, 6) is 1.52. The van der Waals surface area contributed by atoms with Gasteiger partial charge in [0.15, 0.2) is 0 Å². The predicted molar refractivity (Wildman–Crippen MR) is 81.6 cm³/mol. The van der Waals surface area contributed by atoms with Crippen molar-refractivity contribution in [3.8, 4) is 0 Å². The van der Waals surface area contributed by atoms with E-state index in [0.717, 1.165) is 32.2 Å². The van der Waals surface area contributed by atoms with Gasteiger partial charge < -0.3 is 9.80 Å². The molecule has 4 heteroatoms. The van der Waals surface area contributed by atoms with Gasteiger partial charge in [-0.25, -0.2) is 0 Å². The summed E-state index contributed by atoms with van der Waals surface area (Å²) in [4.78, 5) is 29.5. The molecule has 1 saturated carbocycles. The van der Waals surface area contributed by atoms with Crippen LogP contribution in [0.2, 0.25) is 0 Å². The van der Waals surface area contributed by atoms with Crippen LogP contribution in [0.15, 0.2) is 0 Å². The first kappa shape index (κ1) is 14.9. The highest BCUT2D eigenvalue weighted by Crippen LogP contribution is 2.37. The van der Waals surface area contributed by atoms with Crippen molar-refractivity contribution in [3.05, 3.63) is 0 Å². The smallest absolute Gasteiger partial charge is 0.246 e. The minimum Gasteiger partial charge on any atom is -0.329 e. The van der Waals surface area contributed by atoms with E-state index in [-0.39, 0.29) is 29.9 Å². The minimum atomic E-state index is -0.274. The van der Waals surface area contributed by atoms with E-state index in [4.69, 9.17) is 0 Å². The predicted octanol–water partition coefficient (Wildman–Crippen LogP) is 2.42. The Kier molecular flexibility index (Phi) is 3.98. The first-order valence-corrected chi connectivity index (χ1v) is 8.65. The number of carbonyl (C=O) groups excluding carboxylic acids is 2. The Morgan fingerprint density at radius 2 is 1.67 bits per heavy atom. The van der Waals surface area contributed by atoms with Gasteiger partial charge in [-0.1, -0.05) is 26.7 Å². The number of hydrogen-bond acceptors (Lipinski definition) is 2. The standard InChI is InChI=1S/C17H28N2O2/c1-11-7-6-9-14(12(11)2)19-13(3)16(20)18-10-5-4-8-15(18)17(19)21/h11-15H,4-10H2,1-3H3. The topological polar surface area (TPSA) is 40.6 Å². The highest BCUT2D eigenvalue weighted by atomic mass is 16.2. The average molecular weight is 292 g/mol. The Morgan fingerprint density at radius 1 is 0.905 bits per heavy atom. The van der Waals surface area contributed by atoms with Crippen molar-refractivity contribution in [2.75, 3.05) is 6.54 Å². The van der Waals surface area contributed by atoms with Gasteiger partial charge in [-0.15, -0.1) is 0 Å². The number of rotatable bonds is 1.